The van der Waals surface area contributed by atoms with Crippen LogP contribution in [0.15, 0.2) is 79.1 Å². The summed E-state index contributed by atoms with van der Waals surface area (Å²) in [5.74, 6) is 0.486. The molecule has 3 heteroatoms. The molecule has 0 aliphatic heterocycles. The van der Waals surface area contributed by atoms with Crippen LogP contribution in [0, 0.1) is 0 Å². The minimum absolute atomic E-state index is 0.299. The van der Waals surface area contributed by atoms with Crippen molar-refractivity contribution in [3.8, 4) is 5.75 Å². The molecule has 1 atom stereocenters. The summed E-state index contributed by atoms with van der Waals surface area (Å²) in [6.45, 7) is 0.528. The standard InChI is InChI=1S/C20H17NO2/c22-14-20(18-7-4-12-21-13-18)17-8-10-19(11-9-17)23-15-16-5-2-1-3-6-16/h1-14,20H,15H2. The molecular weight excluding hydrogens is 286 g/mol. The molecule has 114 valence electrons. The molecule has 0 amide bonds. The molecule has 0 saturated carbocycles. The molecule has 1 aromatic heterocycles. The second-order valence-electron chi connectivity index (χ2n) is 5.24. The fourth-order valence-corrected chi connectivity index (χ4v) is 2.42. The molecule has 23 heavy (non-hydrogen) atoms. The van der Waals surface area contributed by atoms with Crippen molar-refractivity contribution in [2.45, 2.75) is 12.5 Å². The van der Waals surface area contributed by atoms with Crippen LogP contribution in [0.1, 0.15) is 22.6 Å². The molecule has 0 spiro atoms. The zero-order valence-corrected chi connectivity index (χ0v) is 12.6. The van der Waals surface area contributed by atoms with E-state index in [9.17, 15) is 4.79 Å². The molecule has 3 nitrogen and oxygen atoms in total. The van der Waals surface area contributed by atoms with Gasteiger partial charge in [0.15, 0.2) is 0 Å². The van der Waals surface area contributed by atoms with Crippen molar-refractivity contribution in [1.82, 2.24) is 4.98 Å². The van der Waals surface area contributed by atoms with Gasteiger partial charge >= 0.3 is 0 Å². The summed E-state index contributed by atoms with van der Waals surface area (Å²) in [5, 5.41) is 0. The van der Waals surface area contributed by atoms with Gasteiger partial charge in [0, 0.05) is 12.4 Å². The van der Waals surface area contributed by atoms with Crippen molar-refractivity contribution >= 4 is 6.29 Å². The van der Waals surface area contributed by atoms with E-state index in [2.05, 4.69) is 4.98 Å². The Morgan fingerprint density at radius 2 is 1.70 bits per heavy atom. The molecule has 0 radical (unpaired) electrons. The Morgan fingerprint density at radius 1 is 0.913 bits per heavy atom. The molecule has 1 unspecified atom stereocenters. The van der Waals surface area contributed by atoms with E-state index < -0.39 is 0 Å². The van der Waals surface area contributed by atoms with Gasteiger partial charge in [0.2, 0.25) is 0 Å². The van der Waals surface area contributed by atoms with Crippen LogP contribution in [0.25, 0.3) is 0 Å². The van der Waals surface area contributed by atoms with Gasteiger partial charge in [0.1, 0.15) is 18.6 Å². The molecule has 1 heterocycles. The van der Waals surface area contributed by atoms with Crippen molar-refractivity contribution in [3.63, 3.8) is 0 Å². The average molecular weight is 303 g/mol. The highest BCUT2D eigenvalue weighted by molar-refractivity contribution is 5.68. The maximum atomic E-state index is 11.4. The molecule has 0 bridgehead atoms. The smallest absolute Gasteiger partial charge is 0.131 e. The first-order valence-electron chi connectivity index (χ1n) is 7.49. The third kappa shape index (κ3) is 3.83. The Balaban J connectivity index is 1.70. The van der Waals surface area contributed by atoms with Crippen LogP contribution in [-0.4, -0.2) is 11.3 Å². The number of aldehydes is 1. The molecular formula is C20H17NO2. The predicted molar refractivity (Wildman–Crippen MR) is 89.4 cm³/mol. The van der Waals surface area contributed by atoms with E-state index in [4.69, 9.17) is 4.74 Å². The Morgan fingerprint density at radius 3 is 2.35 bits per heavy atom. The number of carbonyl (C=O) groups is 1. The number of ether oxygens (including phenoxy) is 1. The van der Waals surface area contributed by atoms with Gasteiger partial charge in [0.05, 0.1) is 5.92 Å². The summed E-state index contributed by atoms with van der Waals surface area (Å²) in [5.41, 5.74) is 2.94. The number of carbonyl (C=O) groups excluding carboxylic acids is 1. The highest BCUT2D eigenvalue weighted by atomic mass is 16.5. The lowest BCUT2D eigenvalue weighted by Gasteiger charge is -2.12. The van der Waals surface area contributed by atoms with E-state index in [0.29, 0.717) is 6.61 Å². The van der Waals surface area contributed by atoms with Gasteiger partial charge in [-0.15, -0.1) is 0 Å². The third-order valence-electron chi connectivity index (χ3n) is 3.67. The summed E-state index contributed by atoms with van der Waals surface area (Å²) in [4.78, 5) is 15.5. The highest BCUT2D eigenvalue weighted by Crippen LogP contribution is 2.24. The number of nitrogens with zero attached hydrogens (tertiary/aromatic N) is 1. The fourth-order valence-electron chi connectivity index (χ4n) is 2.42. The number of pyridine rings is 1. The zero-order chi connectivity index (χ0) is 15.9. The lowest BCUT2D eigenvalue weighted by molar-refractivity contribution is -0.108. The Labute approximate surface area is 135 Å². The van der Waals surface area contributed by atoms with Crippen LogP contribution >= 0.6 is 0 Å². The summed E-state index contributed by atoms with van der Waals surface area (Å²) >= 11 is 0. The highest BCUT2D eigenvalue weighted by Gasteiger charge is 2.13. The van der Waals surface area contributed by atoms with Crippen LogP contribution < -0.4 is 4.74 Å². The second kappa shape index (κ2) is 7.36. The minimum atomic E-state index is -0.299. The monoisotopic (exact) mass is 303 g/mol. The van der Waals surface area contributed by atoms with Gasteiger partial charge in [-0.3, -0.25) is 4.98 Å². The SMILES string of the molecule is O=CC(c1ccc(OCc2ccccc2)cc1)c1cccnc1. The topological polar surface area (TPSA) is 39.2 Å². The van der Waals surface area contributed by atoms with Crippen LogP contribution in [0.5, 0.6) is 5.75 Å². The molecule has 0 N–H and O–H groups in total. The number of hydrogen-bond acceptors (Lipinski definition) is 3. The van der Waals surface area contributed by atoms with E-state index >= 15 is 0 Å². The van der Waals surface area contributed by atoms with Gasteiger partial charge in [-0.25, -0.2) is 0 Å². The number of rotatable bonds is 6. The largest absolute Gasteiger partial charge is 0.489 e. The lowest BCUT2D eigenvalue weighted by atomic mass is 9.94. The average Bonchev–Trinajstić information content (AvgIpc) is 2.63. The summed E-state index contributed by atoms with van der Waals surface area (Å²) in [7, 11) is 0. The van der Waals surface area contributed by atoms with Gasteiger partial charge in [-0.2, -0.15) is 0 Å². The van der Waals surface area contributed by atoms with Crippen molar-refractivity contribution in [2.24, 2.45) is 0 Å². The first-order chi connectivity index (χ1) is 11.4. The minimum Gasteiger partial charge on any atom is -0.489 e. The first-order valence-corrected chi connectivity index (χ1v) is 7.49. The molecule has 0 fully saturated rings. The molecule has 0 aliphatic rings. The fraction of sp³-hybridized carbons (Fsp3) is 0.100. The number of hydrogen-bond donors (Lipinski definition) is 0. The normalized spacial score (nSPS) is 11.7. The van der Waals surface area contributed by atoms with Crippen LogP contribution in [-0.2, 0) is 11.4 Å². The summed E-state index contributed by atoms with van der Waals surface area (Å²) < 4.78 is 5.77. The summed E-state index contributed by atoms with van der Waals surface area (Å²) in [6, 6.07) is 21.4. The van der Waals surface area contributed by atoms with Gasteiger partial charge in [-0.1, -0.05) is 48.5 Å². The summed E-state index contributed by atoms with van der Waals surface area (Å²) in [6.07, 6.45) is 4.36. The van der Waals surface area contributed by atoms with Gasteiger partial charge in [-0.05, 0) is 34.9 Å². The van der Waals surface area contributed by atoms with Crippen molar-refractivity contribution in [2.75, 3.05) is 0 Å². The van der Waals surface area contributed by atoms with Crippen molar-refractivity contribution in [1.29, 1.82) is 0 Å². The predicted octanol–water partition coefficient (Wildman–Crippen LogP) is 3.99. The lowest BCUT2D eigenvalue weighted by Crippen LogP contribution is -2.03. The Hall–Kier alpha value is -2.94. The first kappa shape index (κ1) is 15.0. The Kier molecular flexibility index (Phi) is 4.79. The number of aromatic nitrogens is 1. The van der Waals surface area contributed by atoms with Gasteiger partial charge < -0.3 is 9.53 Å². The van der Waals surface area contributed by atoms with Crippen LogP contribution in [0.3, 0.4) is 0 Å². The van der Waals surface area contributed by atoms with Crippen molar-refractivity contribution in [3.05, 3.63) is 95.8 Å². The molecule has 3 aromatic rings. The number of benzene rings is 2. The molecule has 0 saturated heterocycles. The van der Waals surface area contributed by atoms with Crippen LogP contribution in [0.4, 0.5) is 0 Å². The van der Waals surface area contributed by atoms with E-state index in [1.165, 1.54) is 0 Å². The van der Waals surface area contributed by atoms with E-state index in [-0.39, 0.29) is 5.92 Å². The van der Waals surface area contributed by atoms with E-state index in [1.54, 1.807) is 12.4 Å². The van der Waals surface area contributed by atoms with Crippen LogP contribution in [0.2, 0.25) is 0 Å². The quantitative estimate of drug-likeness (QED) is 0.646. The van der Waals surface area contributed by atoms with Gasteiger partial charge in [0.25, 0.3) is 0 Å². The maximum Gasteiger partial charge on any atom is 0.131 e. The molecule has 2 aromatic carbocycles. The van der Waals surface area contributed by atoms with E-state index in [1.807, 2.05) is 66.7 Å². The zero-order valence-electron chi connectivity index (χ0n) is 12.6. The maximum absolute atomic E-state index is 11.4. The third-order valence-corrected chi connectivity index (χ3v) is 3.67. The van der Waals surface area contributed by atoms with E-state index in [0.717, 1.165) is 28.7 Å². The second-order valence-corrected chi connectivity index (χ2v) is 5.24. The molecule has 3 rings (SSSR count). The van der Waals surface area contributed by atoms with Crippen molar-refractivity contribution < 1.29 is 9.53 Å². The Bertz CT molecular complexity index is 740. The molecule has 0 aliphatic carbocycles.